The first-order valence-corrected chi connectivity index (χ1v) is 4.83. The van der Waals surface area contributed by atoms with Gasteiger partial charge < -0.3 is 0 Å². The van der Waals surface area contributed by atoms with Crippen molar-refractivity contribution in [1.29, 1.82) is 0 Å². The molecule has 1 nitrogen and oxygen atoms in total. The van der Waals surface area contributed by atoms with Crippen LogP contribution >= 0.6 is 16.1 Å². The molecule has 1 aromatic carbocycles. The molecule has 0 amide bonds. The maximum absolute atomic E-state index is 3.43. The Morgan fingerprint density at radius 1 is 1.33 bits per heavy atom. The fourth-order valence-electron chi connectivity index (χ4n) is 1.08. The average Bonchev–Trinajstić information content (AvgIpc) is 2.06. The molecule has 2 heteroatoms. The molecule has 0 aliphatic rings. The number of halogens is 1. The van der Waals surface area contributed by atoms with Crippen LogP contribution in [0.5, 0.6) is 0 Å². The third-order valence-electron chi connectivity index (χ3n) is 1.98. The second kappa shape index (κ2) is 4.63. The van der Waals surface area contributed by atoms with E-state index in [9.17, 15) is 0 Å². The minimum atomic E-state index is 0.535. The average molecular weight is 228 g/mol. The fraction of sp³-hybridized carbons (Fsp3) is 0.400. The van der Waals surface area contributed by atoms with Crippen LogP contribution in [-0.2, 0) is 6.42 Å². The molecule has 0 saturated carbocycles. The molecule has 0 N–H and O–H groups in total. The van der Waals surface area contributed by atoms with Crippen molar-refractivity contribution >= 4 is 16.1 Å². The summed E-state index contributed by atoms with van der Waals surface area (Å²) >= 11 is 3.43. The van der Waals surface area contributed by atoms with Crippen LogP contribution in [-0.4, -0.2) is 17.0 Å². The molecule has 0 heterocycles. The molecule has 0 radical (unpaired) electrons. The second-order valence-corrected chi connectivity index (χ2v) is 4.18. The standard InChI is InChI=1S/C10H14BrN/c1-9(12(2)11)8-10-6-4-3-5-7-10/h3-7,9H,8H2,1-2H3/t9-/m1/s1. The van der Waals surface area contributed by atoms with Crippen LogP contribution in [0.2, 0.25) is 0 Å². The smallest absolute Gasteiger partial charge is 0.0214 e. The van der Waals surface area contributed by atoms with E-state index < -0.39 is 0 Å². The molecule has 0 bridgehead atoms. The second-order valence-electron chi connectivity index (χ2n) is 3.06. The van der Waals surface area contributed by atoms with E-state index in [0.717, 1.165) is 6.42 Å². The number of nitrogens with zero attached hydrogens (tertiary/aromatic N) is 1. The predicted octanol–water partition coefficient (Wildman–Crippen LogP) is 2.86. The molecule has 0 aliphatic heterocycles. The summed E-state index contributed by atoms with van der Waals surface area (Å²) in [7, 11) is 2.04. The summed E-state index contributed by atoms with van der Waals surface area (Å²) in [4.78, 5) is 0. The lowest BCUT2D eigenvalue weighted by atomic mass is 10.1. The van der Waals surface area contributed by atoms with Gasteiger partial charge in [-0.15, -0.1) is 0 Å². The highest BCUT2D eigenvalue weighted by Gasteiger charge is 2.05. The Hall–Kier alpha value is -0.340. The van der Waals surface area contributed by atoms with E-state index in [2.05, 4.69) is 51.3 Å². The molecule has 0 fully saturated rings. The van der Waals surface area contributed by atoms with Crippen molar-refractivity contribution < 1.29 is 0 Å². The van der Waals surface area contributed by atoms with Gasteiger partial charge in [-0.1, -0.05) is 30.3 Å². The monoisotopic (exact) mass is 227 g/mol. The molecule has 0 spiro atoms. The number of benzene rings is 1. The fourth-order valence-corrected chi connectivity index (χ4v) is 1.23. The molecular weight excluding hydrogens is 214 g/mol. The van der Waals surface area contributed by atoms with Gasteiger partial charge in [0, 0.05) is 22.2 Å². The van der Waals surface area contributed by atoms with E-state index in [1.807, 2.05) is 13.1 Å². The molecular formula is C10H14BrN. The van der Waals surface area contributed by atoms with Gasteiger partial charge in [0.25, 0.3) is 0 Å². The maximum Gasteiger partial charge on any atom is 0.0214 e. The first kappa shape index (κ1) is 9.75. The maximum atomic E-state index is 3.43. The Morgan fingerprint density at radius 2 is 1.92 bits per heavy atom. The minimum absolute atomic E-state index is 0.535. The van der Waals surface area contributed by atoms with Crippen LogP contribution in [0.25, 0.3) is 0 Å². The van der Waals surface area contributed by atoms with E-state index in [1.165, 1.54) is 5.56 Å². The SMILES string of the molecule is C[C@H](Cc1ccccc1)N(C)Br. The highest BCUT2D eigenvalue weighted by molar-refractivity contribution is 9.07. The van der Waals surface area contributed by atoms with E-state index in [0.29, 0.717) is 6.04 Å². The van der Waals surface area contributed by atoms with Crippen molar-refractivity contribution in [3.63, 3.8) is 0 Å². The molecule has 0 unspecified atom stereocenters. The van der Waals surface area contributed by atoms with E-state index in [4.69, 9.17) is 0 Å². The van der Waals surface area contributed by atoms with E-state index in [-0.39, 0.29) is 0 Å². The van der Waals surface area contributed by atoms with E-state index >= 15 is 0 Å². The molecule has 66 valence electrons. The molecule has 1 rings (SSSR count). The highest BCUT2D eigenvalue weighted by Crippen LogP contribution is 2.09. The zero-order valence-electron chi connectivity index (χ0n) is 7.50. The lowest BCUT2D eigenvalue weighted by molar-refractivity contribution is 0.448. The van der Waals surface area contributed by atoms with Gasteiger partial charge in [0.05, 0.1) is 0 Å². The molecule has 12 heavy (non-hydrogen) atoms. The zero-order valence-corrected chi connectivity index (χ0v) is 9.08. The Labute approximate surface area is 82.7 Å². The number of rotatable bonds is 3. The normalized spacial score (nSPS) is 13.3. The topological polar surface area (TPSA) is 3.24 Å². The van der Waals surface area contributed by atoms with Crippen LogP contribution in [0.1, 0.15) is 12.5 Å². The van der Waals surface area contributed by atoms with Gasteiger partial charge in [0.2, 0.25) is 0 Å². The number of hydrogen-bond donors (Lipinski definition) is 0. The molecule has 0 aliphatic carbocycles. The summed E-state index contributed by atoms with van der Waals surface area (Å²) in [6, 6.07) is 11.1. The first-order chi connectivity index (χ1) is 5.70. The third kappa shape index (κ3) is 2.95. The van der Waals surface area contributed by atoms with Gasteiger partial charge in [0.15, 0.2) is 0 Å². The summed E-state index contributed by atoms with van der Waals surface area (Å²) in [6.07, 6.45) is 1.09. The number of likely N-dealkylation sites (N-methyl/N-ethyl adjacent to an activating group) is 1. The summed E-state index contributed by atoms with van der Waals surface area (Å²) in [5, 5.41) is 0. The lowest BCUT2D eigenvalue weighted by Crippen LogP contribution is -2.21. The highest BCUT2D eigenvalue weighted by atomic mass is 79.9. The first-order valence-electron chi connectivity index (χ1n) is 4.12. The summed E-state index contributed by atoms with van der Waals surface area (Å²) in [5.41, 5.74) is 1.39. The van der Waals surface area contributed by atoms with Crippen molar-refractivity contribution in [3.8, 4) is 0 Å². The third-order valence-corrected chi connectivity index (χ3v) is 2.68. The van der Waals surface area contributed by atoms with Gasteiger partial charge in [-0.2, -0.15) is 0 Å². The molecule has 0 aromatic heterocycles. The Bertz CT molecular complexity index is 221. The van der Waals surface area contributed by atoms with Crippen LogP contribution in [0.3, 0.4) is 0 Å². The Morgan fingerprint density at radius 3 is 2.42 bits per heavy atom. The van der Waals surface area contributed by atoms with E-state index in [1.54, 1.807) is 0 Å². The summed E-state index contributed by atoms with van der Waals surface area (Å²) in [5.74, 6) is 0. The predicted molar refractivity (Wildman–Crippen MR) is 56.3 cm³/mol. The van der Waals surface area contributed by atoms with Crippen LogP contribution in [0, 0.1) is 0 Å². The largest absolute Gasteiger partial charge is 0.242 e. The zero-order chi connectivity index (χ0) is 8.97. The van der Waals surface area contributed by atoms with Gasteiger partial charge >= 0.3 is 0 Å². The van der Waals surface area contributed by atoms with Crippen molar-refractivity contribution in [2.45, 2.75) is 19.4 Å². The van der Waals surface area contributed by atoms with Crippen LogP contribution in [0.15, 0.2) is 30.3 Å². The lowest BCUT2D eigenvalue weighted by Gasteiger charge is -2.16. The van der Waals surface area contributed by atoms with Gasteiger partial charge in [-0.3, -0.25) is 0 Å². The quantitative estimate of drug-likeness (QED) is 0.719. The van der Waals surface area contributed by atoms with Crippen molar-refractivity contribution in [2.75, 3.05) is 7.05 Å². The molecule has 0 saturated heterocycles. The van der Waals surface area contributed by atoms with Gasteiger partial charge in [0.1, 0.15) is 0 Å². The summed E-state index contributed by atoms with van der Waals surface area (Å²) in [6.45, 7) is 2.20. The minimum Gasteiger partial charge on any atom is -0.242 e. The van der Waals surface area contributed by atoms with Gasteiger partial charge in [-0.25, -0.2) is 3.93 Å². The number of hydrogen-bond acceptors (Lipinski definition) is 1. The van der Waals surface area contributed by atoms with Crippen molar-refractivity contribution in [2.24, 2.45) is 0 Å². The Kier molecular flexibility index (Phi) is 3.76. The van der Waals surface area contributed by atoms with Crippen LogP contribution < -0.4 is 0 Å². The van der Waals surface area contributed by atoms with Crippen molar-refractivity contribution in [3.05, 3.63) is 35.9 Å². The molecule has 1 aromatic rings. The summed E-state index contributed by atoms with van der Waals surface area (Å²) < 4.78 is 2.06. The Balaban J connectivity index is 2.53. The van der Waals surface area contributed by atoms with Crippen molar-refractivity contribution in [1.82, 2.24) is 3.93 Å². The van der Waals surface area contributed by atoms with Gasteiger partial charge in [-0.05, 0) is 26.0 Å². The molecule has 1 atom stereocenters. The van der Waals surface area contributed by atoms with Crippen LogP contribution in [0.4, 0.5) is 0 Å².